The van der Waals surface area contributed by atoms with Crippen LogP contribution in [0.25, 0.3) is 0 Å². The predicted octanol–water partition coefficient (Wildman–Crippen LogP) is 3.68. The molecule has 0 saturated carbocycles. The van der Waals surface area contributed by atoms with E-state index in [1.807, 2.05) is 17.5 Å². The Hall–Kier alpha value is -0.210. The molecule has 0 aromatic heterocycles. The zero-order valence-electron chi connectivity index (χ0n) is 5.38. The number of hydrogen-bond donors (Lipinski definition) is 0. The molecule has 0 bridgehead atoms. The quantitative estimate of drug-likeness (QED) is 0.678. The number of thioether (sulfide) groups is 1. The molecule has 1 aromatic carbocycles. The van der Waals surface area contributed by atoms with E-state index in [1.165, 1.54) is 4.90 Å². The van der Waals surface area contributed by atoms with Gasteiger partial charge < -0.3 is 0 Å². The van der Waals surface area contributed by atoms with Crippen molar-refractivity contribution >= 4 is 27.7 Å². The fraction of sp³-hybridized carbons (Fsp3) is 0. The van der Waals surface area contributed by atoms with Crippen molar-refractivity contribution in [2.75, 3.05) is 0 Å². The van der Waals surface area contributed by atoms with E-state index < -0.39 is 0 Å². The Kier molecular flexibility index (Phi) is 3.03. The smallest absolute Gasteiger partial charge is 0.0176 e. The number of hydrogen-bond acceptors (Lipinski definition) is 1. The fourth-order valence-corrected chi connectivity index (χ4v) is 1.36. The second-order valence-corrected chi connectivity index (χ2v) is 3.69. The van der Waals surface area contributed by atoms with E-state index in [4.69, 9.17) is 0 Å². The van der Waals surface area contributed by atoms with Gasteiger partial charge in [0, 0.05) is 9.37 Å². The molecule has 0 unspecified atom stereocenters. The van der Waals surface area contributed by atoms with Crippen LogP contribution in [0.4, 0.5) is 0 Å². The highest BCUT2D eigenvalue weighted by molar-refractivity contribution is 9.10. The highest BCUT2D eigenvalue weighted by Crippen LogP contribution is 2.20. The highest BCUT2D eigenvalue weighted by Gasteiger charge is 1.88. The molecule has 0 aliphatic carbocycles. The molecule has 0 spiro atoms. The summed E-state index contributed by atoms with van der Waals surface area (Å²) in [6, 6.07) is 8.14. The molecule has 0 N–H and O–H groups in total. The van der Waals surface area contributed by atoms with Gasteiger partial charge in [0.25, 0.3) is 0 Å². The maximum Gasteiger partial charge on any atom is 0.0176 e. The standard InChI is InChI=1S/C8H7BrS/c1-2-10-8-5-3-7(9)4-6-8/h2-6H,1H2. The van der Waals surface area contributed by atoms with Gasteiger partial charge >= 0.3 is 0 Å². The highest BCUT2D eigenvalue weighted by atomic mass is 79.9. The lowest BCUT2D eigenvalue weighted by Crippen LogP contribution is -1.66. The second-order valence-electron chi connectivity index (χ2n) is 1.74. The third-order valence-corrected chi connectivity index (χ3v) is 2.27. The Balaban J connectivity index is 2.78. The molecular formula is C8H7BrS. The molecule has 0 aliphatic rings. The van der Waals surface area contributed by atoms with Crippen molar-refractivity contribution in [3.63, 3.8) is 0 Å². The van der Waals surface area contributed by atoms with Gasteiger partial charge in [0.05, 0.1) is 0 Å². The zero-order chi connectivity index (χ0) is 7.40. The maximum atomic E-state index is 3.63. The average molecular weight is 215 g/mol. The third kappa shape index (κ3) is 2.20. The minimum Gasteiger partial charge on any atom is -0.0987 e. The lowest BCUT2D eigenvalue weighted by Gasteiger charge is -1.93. The van der Waals surface area contributed by atoms with Crippen LogP contribution >= 0.6 is 27.7 Å². The normalized spacial score (nSPS) is 9.30. The Morgan fingerprint density at radius 2 is 1.90 bits per heavy atom. The molecule has 2 heteroatoms. The largest absolute Gasteiger partial charge is 0.0987 e. The maximum absolute atomic E-state index is 3.63. The molecule has 0 radical (unpaired) electrons. The lowest BCUT2D eigenvalue weighted by atomic mass is 10.4. The van der Waals surface area contributed by atoms with Gasteiger partial charge in [-0.25, -0.2) is 0 Å². The van der Waals surface area contributed by atoms with Crippen LogP contribution in [0.15, 0.2) is 45.6 Å². The Labute approximate surface area is 73.5 Å². The molecular weight excluding hydrogens is 208 g/mol. The van der Waals surface area contributed by atoms with Gasteiger partial charge in [0.15, 0.2) is 0 Å². The van der Waals surface area contributed by atoms with Gasteiger partial charge in [-0.15, -0.1) is 0 Å². The van der Waals surface area contributed by atoms with Crippen LogP contribution < -0.4 is 0 Å². The molecule has 10 heavy (non-hydrogen) atoms. The molecule has 0 aliphatic heterocycles. The number of rotatable bonds is 2. The van der Waals surface area contributed by atoms with Gasteiger partial charge in [-0.1, -0.05) is 34.3 Å². The molecule has 0 saturated heterocycles. The van der Waals surface area contributed by atoms with Gasteiger partial charge in [0.1, 0.15) is 0 Å². The summed E-state index contributed by atoms with van der Waals surface area (Å²) < 4.78 is 1.11. The van der Waals surface area contributed by atoms with E-state index in [0.717, 1.165) is 4.47 Å². The van der Waals surface area contributed by atoms with Crippen LogP contribution in [-0.2, 0) is 0 Å². The fourth-order valence-electron chi connectivity index (χ4n) is 0.609. The summed E-state index contributed by atoms with van der Waals surface area (Å²) in [4.78, 5) is 1.22. The second kappa shape index (κ2) is 3.84. The first-order chi connectivity index (χ1) is 4.83. The van der Waals surface area contributed by atoms with Gasteiger partial charge in [-0.3, -0.25) is 0 Å². The minimum atomic E-state index is 1.11. The summed E-state index contributed by atoms with van der Waals surface area (Å²) in [5.74, 6) is 0. The van der Waals surface area contributed by atoms with E-state index in [9.17, 15) is 0 Å². The van der Waals surface area contributed by atoms with E-state index in [0.29, 0.717) is 0 Å². The first-order valence-electron chi connectivity index (χ1n) is 2.86. The van der Waals surface area contributed by atoms with E-state index in [1.54, 1.807) is 11.8 Å². The van der Waals surface area contributed by atoms with Crippen molar-refractivity contribution in [3.05, 3.63) is 40.7 Å². The summed E-state index contributed by atoms with van der Waals surface area (Å²) in [5.41, 5.74) is 0. The molecule has 0 amide bonds. The van der Waals surface area contributed by atoms with E-state index in [2.05, 4.69) is 34.6 Å². The van der Waals surface area contributed by atoms with Crippen LogP contribution in [-0.4, -0.2) is 0 Å². The summed E-state index contributed by atoms with van der Waals surface area (Å²) >= 11 is 4.99. The summed E-state index contributed by atoms with van der Waals surface area (Å²) in [6.45, 7) is 3.63. The van der Waals surface area contributed by atoms with Crippen molar-refractivity contribution < 1.29 is 0 Å². The van der Waals surface area contributed by atoms with Crippen molar-refractivity contribution in [2.24, 2.45) is 0 Å². The van der Waals surface area contributed by atoms with Crippen LogP contribution in [0.3, 0.4) is 0 Å². The Morgan fingerprint density at radius 1 is 1.30 bits per heavy atom. The van der Waals surface area contributed by atoms with Crippen LogP contribution in [0.1, 0.15) is 0 Å². The lowest BCUT2D eigenvalue weighted by molar-refractivity contribution is 1.45. The molecule has 0 atom stereocenters. The van der Waals surface area contributed by atoms with Crippen molar-refractivity contribution in [1.82, 2.24) is 0 Å². The van der Waals surface area contributed by atoms with Crippen LogP contribution in [0, 0.1) is 0 Å². The third-order valence-electron chi connectivity index (χ3n) is 1.03. The first-order valence-corrected chi connectivity index (χ1v) is 4.53. The summed E-state index contributed by atoms with van der Waals surface area (Å²) in [5, 5.41) is 1.82. The molecule has 52 valence electrons. The topological polar surface area (TPSA) is 0 Å². The van der Waals surface area contributed by atoms with Gasteiger partial charge in [0.2, 0.25) is 0 Å². The Morgan fingerprint density at radius 3 is 2.40 bits per heavy atom. The van der Waals surface area contributed by atoms with Crippen LogP contribution in [0.2, 0.25) is 0 Å². The average Bonchev–Trinajstić information content (AvgIpc) is 1.95. The predicted molar refractivity (Wildman–Crippen MR) is 50.2 cm³/mol. The summed E-state index contributed by atoms with van der Waals surface area (Å²) in [7, 11) is 0. The van der Waals surface area contributed by atoms with E-state index in [-0.39, 0.29) is 0 Å². The minimum absolute atomic E-state index is 1.11. The number of halogens is 1. The zero-order valence-corrected chi connectivity index (χ0v) is 7.78. The number of benzene rings is 1. The van der Waals surface area contributed by atoms with Crippen molar-refractivity contribution in [2.45, 2.75) is 4.90 Å². The molecule has 1 rings (SSSR count). The van der Waals surface area contributed by atoms with Crippen molar-refractivity contribution in [1.29, 1.82) is 0 Å². The monoisotopic (exact) mass is 214 g/mol. The molecule has 1 aromatic rings. The molecule has 0 fully saturated rings. The van der Waals surface area contributed by atoms with E-state index >= 15 is 0 Å². The first kappa shape index (κ1) is 7.89. The molecule has 0 nitrogen and oxygen atoms in total. The van der Waals surface area contributed by atoms with Gasteiger partial charge in [-0.2, -0.15) is 0 Å². The van der Waals surface area contributed by atoms with Crippen LogP contribution in [0.5, 0.6) is 0 Å². The molecule has 0 heterocycles. The Bertz CT molecular complexity index is 215. The van der Waals surface area contributed by atoms with Crippen molar-refractivity contribution in [3.8, 4) is 0 Å². The van der Waals surface area contributed by atoms with Gasteiger partial charge in [-0.05, 0) is 29.7 Å². The SMILES string of the molecule is C=CSc1ccc(Br)cc1. The summed E-state index contributed by atoms with van der Waals surface area (Å²) in [6.07, 6.45) is 0.